The first-order valence-corrected chi connectivity index (χ1v) is 7.41. The molecule has 108 valence electrons. The molecular formula is C18H19NO2. The van der Waals surface area contributed by atoms with Crippen LogP contribution in [0.3, 0.4) is 0 Å². The van der Waals surface area contributed by atoms with Crippen LogP contribution in [0.2, 0.25) is 0 Å². The molecule has 3 rings (SSSR count). The molecule has 2 aromatic rings. The minimum atomic E-state index is -0.271. The average Bonchev–Trinajstić information content (AvgIpc) is 2.83. The summed E-state index contributed by atoms with van der Waals surface area (Å²) in [5.41, 5.74) is 6.02. The van der Waals surface area contributed by atoms with E-state index in [1.54, 1.807) is 0 Å². The van der Waals surface area contributed by atoms with Crippen LogP contribution in [-0.2, 0) is 11.2 Å². The molecular weight excluding hydrogens is 262 g/mol. The van der Waals surface area contributed by atoms with E-state index in [4.69, 9.17) is 9.72 Å². The molecule has 0 fully saturated rings. The lowest BCUT2D eigenvalue weighted by molar-refractivity contribution is 0.0524. The predicted octanol–water partition coefficient (Wildman–Crippen LogP) is 3.95. The molecule has 1 aromatic heterocycles. The van der Waals surface area contributed by atoms with Crippen LogP contribution in [0.1, 0.15) is 53.9 Å². The van der Waals surface area contributed by atoms with Crippen molar-refractivity contribution in [3.8, 4) is 11.3 Å². The fraction of sp³-hybridized carbons (Fsp3) is 0.333. The van der Waals surface area contributed by atoms with Crippen molar-refractivity contribution in [1.29, 1.82) is 0 Å². The number of carbonyl (C=O) groups excluding carboxylic acids is 1. The largest absolute Gasteiger partial charge is 0.462 e. The highest BCUT2D eigenvalue weighted by Crippen LogP contribution is 2.37. The maximum atomic E-state index is 12.2. The molecule has 0 saturated heterocycles. The van der Waals surface area contributed by atoms with E-state index >= 15 is 0 Å². The van der Waals surface area contributed by atoms with Crippen LogP contribution in [-0.4, -0.2) is 17.6 Å². The van der Waals surface area contributed by atoms with E-state index in [0.29, 0.717) is 12.2 Å². The third kappa shape index (κ3) is 2.33. The summed E-state index contributed by atoms with van der Waals surface area (Å²) in [6.07, 6.45) is 0.837. The zero-order valence-corrected chi connectivity index (χ0v) is 12.6. The fourth-order valence-electron chi connectivity index (χ4n) is 2.86. The molecule has 0 unspecified atom stereocenters. The van der Waals surface area contributed by atoms with Gasteiger partial charge < -0.3 is 4.74 Å². The molecule has 0 saturated carbocycles. The lowest BCUT2D eigenvalue weighted by atomic mass is 10.0. The van der Waals surface area contributed by atoms with Crippen LogP contribution in [0.25, 0.3) is 11.3 Å². The topological polar surface area (TPSA) is 39.2 Å². The highest BCUT2D eigenvalue weighted by molar-refractivity contribution is 5.92. The molecule has 0 bridgehead atoms. The van der Waals surface area contributed by atoms with E-state index in [1.807, 2.05) is 25.1 Å². The normalized spacial score (nSPS) is 12.2. The summed E-state index contributed by atoms with van der Waals surface area (Å²) < 4.78 is 5.18. The lowest BCUT2D eigenvalue weighted by Gasteiger charge is -2.13. The average molecular weight is 281 g/mol. The van der Waals surface area contributed by atoms with Gasteiger partial charge >= 0.3 is 5.97 Å². The number of aromatic nitrogens is 1. The van der Waals surface area contributed by atoms with Gasteiger partial charge in [0.05, 0.1) is 23.6 Å². The minimum Gasteiger partial charge on any atom is -0.462 e. The quantitative estimate of drug-likeness (QED) is 0.682. The highest BCUT2D eigenvalue weighted by Gasteiger charge is 2.25. The second-order valence-electron chi connectivity index (χ2n) is 5.64. The standard InChI is InChI=1S/C18H19NO2/c1-4-21-18(20)15-10-13-9-12-7-5-6-8-14(12)17(13)19-16(15)11(2)3/h5-8,10-11H,4,9H2,1-3H3. The van der Waals surface area contributed by atoms with Crippen molar-refractivity contribution in [3.05, 3.63) is 52.7 Å². The maximum Gasteiger partial charge on any atom is 0.339 e. The second kappa shape index (κ2) is 5.32. The maximum absolute atomic E-state index is 12.2. The van der Waals surface area contributed by atoms with Crippen molar-refractivity contribution in [2.45, 2.75) is 33.1 Å². The lowest BCUT2D eigenvalue weighted by Crippen LogP contribution is -2.12. The fourth-order valence-corrected chi connectivity index (χ4v) is 2.86. The Balaban J connectivity index is 2.15. The number of hydrogen-bond acceptors (Lipinski definition) is 3. The predicted molar refractivity (Wildman–Crippen MR) is 82.5 cm³/mol. The van der Waals surface area contributed by atoms with Gasteiger partial charge in [-0.25, -0.2) is 4.79 Å². The summed E-state index contributed by atoms with van der Waals surface area (Å²) in [5.74, 6) is -0.0880. The van der Waals surface area contributed by atoms with Gasteiger partial charge in [0.2, 0.25) is 0 Å². The zero-order valence-electron chi connectivity index (χ0n) is 12.6. The first-order valence-electron chi connectivity index (χ1n) is 7.41. The van der Waals surface area contributed by atoms with E-state index in [-0.39, 0.29) is 11.9 Å². The molecule has 1 aliphatic carbocycles. The summed E-state index contributed by atoms with van der Waals surface area (Å²) in [6, 6.07) is 10.3. The van der Waals surface area contributed by atoms with E-state index in [9.17, 15) is 4.79 Å². The van der Waals surface area contributed by atoms with Gasteiger partial charge in [0.1, 0.15) is 0 Å². The third-order valence-electron chi connectivity index (χ3n) is 3.83. The number of pyridine rings is 1. The van der Waals surface area contributed by atoms with Gasteiger partial charge in [-0.15, -0.1) is 0 Å². The Morgan fingerprint density at radius 3 is 2.76 bits per heavy atom. The molecule has 1 heterocycles. The molecule has 3 nitrogen and oxygen atoms in total. The van der Waals surface area contributed by atoms with Crippen molar-refractivity contribution < 1.29 is 9.53 Å². The van der Waals surface area contributed by atoms with Crippen LogP contribution in [0.5, 0.6) is 0 Å². The Morgan fingerprint density at radius 2 is 2.05 bits per heavy atom. The summed E-state index contributed by atoms with van der Waals surface area (Å²) in [6.45, 7) is 6.31. The Kier molecular flexibility index (Phi) is 3.50. The van der Waals surface area contributed by atoms with Gasteiger partial charge in [-0.1, -0.05) is 38.1 Å². The van der Waals surface area contributed by atoms with E-state index < -0.39 is 0 Å². The number of carbonyl (C=O) groups is 1. The monoisotopic (exact) mass is 281 g/mol. The van der Waals surface area contributed by atoms with Crippen molar-refractivity contribution in [3.63, 3.8) is 0 Å². The zero-order chi connectivity index (χ0) is 15.0. The summed E-state index contributed by atoms with van der Waals surface area (Å²) >= 11 is 0. The van der Waals surface area contributed by atoms with Crippen LogP contribution in [0, 0.1) is 0 Å². The van der Waals surface area contributed by atoms with Crippen LogP contribution in [0.15, 0.2) is 30.3 Å². The van der Waals surface area contributed by atoms with E-state index in [2.05, 4.69) is 26.0 Å². The Hall–Kier alpha value is -2.16. The van der Waals surface area contributed by atoms with Crippen molar-refractivity contribution >= 4 is 5.97 Å². The minimum absolute atomic E-state index is 0.183. The van der Waals surface area contributed by atoms with Gasteiger partial charge in [-0.2, -0.15) is 0 Å². The number of ether oxygens (including phenoxy) is 1. The van der Waals surface area contributed by atoms with Gasteiger partial charge in [0.25, 0.3) is 0 Å². The molecule has 1 aliphatic rings. The third-order valence-corrected chi connectivity index (χ3v) is 3.83. The first-order chi connectivity index (χ1) is 10.1. The molecule has 1 aromatic carbocycles. The highest BCUT2D eigenvalue weighted by atomic mass is 16.5. The van der Waals surface area contributed by atoms with Gasteiger partial charge in [-0.3, -0.25) is 4.98 Å². The Morgan fingerprint density at radius 1 is 1.29 bits per heavy atom. The summed E-state index contributed by atoms with van der Waals surface area (Å²) in [4.78, 5) is 17.0. The molecule has 0 radical (unpaired) electrons. The molecule has 0 amide bonds. The van der Waals surface area contributed by atoms with Gasteiger partial charge in [0, 0.05) is 12.0 Å². The smallest absolute Gasteiger partial charge is 0.339 e. The molecule has 3 heteroatoms. The SMILES string of the molecule is CCOC(=O)c1cc2c(nc1C(C)C)-c1ccccc1C2. The molecule has 21 heavy (non-hydrogen) atoms. The van der Waals surface area contributed by atoms with E-state index in [1.165, 1.54) is 11.1 Å². The van der Waals surface area contributed by atoms with Crippen LogP contribution >= 0.6 is 0 Å². The van der Waals surface area contributed by atoms with Crippen molar-refractivity contribution in [1.82, 2.24) is 4.98 Å². The molecule has 0 spiro atoms. The van der Waals surface area contributed by atoms with Crippen molar-refractivity contribution in [2.75, 3.05) is 6.61 Å². The Labute approximate surface area is 125 Å². The number of rotatable bonds is 3. The van der Waals surface area contributed by atoms with Crippen LogP contribution in [0.4, 0.5) is 0 Å². The molecule has 0 atom stereocenters. The second-order valence-corrected chi connectivity index (χ2v) is 5.64. The van der Waals surface area contributed by atoms with Gasteiger partial charge in [-0.05, 0) is 30.0 Å². The number of benzene rings is 1. The molecule has 0 aliphatic heterocycles. The summed E-state index contributed by atoms with van der Waals surface area (Å²) in [5, 5.41) is 0. The first kappa shape index (κ1) is 13.8. The van der Waals surface area contributed by atoms with Crippen LogP contribution < -0.4 is 0 Å². The number of hydrogen-bond donors (Lipinski definition) is 0. The summed E-state index contributed by atoms with van der Waals surface area (Å²) in [7, 11) is 0. The number of esters is 1. The van der Waals surface area contributed by atoms with E-state index in [0.717, 1.165) is 23.4 Å². The number of nitrogens with zero attached hydrogens (tertiary/aromatic N) is 1. The Bertz CT molecular complexity index is 704. The molecule has 0 N–H and O–H groups in total. The number of fused-ring (bicyclic) bond motifs is 3. The van der Waals surface area contributed by atoms with Crippen molar-refractivity contribution in [2.24, 2.45) is 0 Å². The van der Waals surface area contributed by atoms with Gasteiger partial charge in [0.15, 0.2) is 0 Å².